The molecule has 0 fully saturated rings. The minimum absolute atomic E-state index is 0.491. The van der Waals surface area contributed by atoms with Crippen molar-refractivity contribution in [2.24, 2.45) is 0 Å². The van der Waals surface area contributed by atoms with E-state index >= 15 is 0 Å². The zero-order valence-electron chi connectivity index (χ0n) is 9.18. The van der Waals surface area contributed by atoms with Crippen LogP contribution in [0.4, 0.5) is 0 Å². The van der Waals surface area contributed by atoms with Gasteiger partial charge in [0.1, 0.15) is 5.69 Å². The molecule has 0 aliphatic heterocycles. The summed E-state index contributed by atoms with van der Waals surface area (Å²) < 4.78 is 16.8. The summed E-state index contributed by atoms with van der Waals surface area (Å²) in [6.45, 7) is 3.02. The Hall–Kier alpha value is -0.980. The van der Waals surface area contributed by atoms with E-state index in [-0.39, 0.29) is 0 Å². The van der Waals surface area contributed by atoms with E-state index < -0.39 is 0 Å². The van der Waals surface area contributed by atoms with Gasteiger partial charge in [-0.3, -0.25) is 0 Å². The SMILES string of the molecule is COCCOCCn1cc(COC)nn1. The Morgan fingerprint density at radius 3 is 2.80 bits per heavy atom. The molecule has 0 spiro atoms. The van der Waals surface area contributed by atoms with E-state index in [2.05, 4.69) is 10.3 Å². The van der Waals surface area contributed by atoms with E-state index in [1.165, 1.54) is 0 Å². The molecular formula is C9H17N3O3. The molecule has 0 amide bonds. The van der Waals surface area contributed by atoms with Gasteiger partial charge in [0.15, 0.2) is 0 Å². The Balaban J connectivity index is 2.14. The predicted molar refractivity (Wildman–Crippen MR) is 53.4 cm³/mol. The Labute approximate surface area is 89.1 Å². The van der Waals surface area contributed by atoms with Crippen molar-refractivity contribution in [2.75, 3.05) is 34.0 Å². The molecule has 0 bridgehead atoms. The molecule has 0 saturated heterocycles. The van der Waals surface area contributed by atoms with Crippen LogP contribution in [-0.4, -0.2) is 49.0 Å². The van der Waals surface area contributed by atoms with Crippen LogP contribution in [-0.2, 0) is 27.4 Å². The van der Waals surface area contributed by atoms with E-state index in [1.807, 2.05) is 6.20 Å². The van der Waals surface area contributed by atoms with Crippen molar-refractivity contribution in [2.45, 2.75) is 13.2 Å². The highest BCUT2D eigenvalue weighted by Gasteiger charge is 1.99. The monoisotopic (exact) mass is 215 g/mol. The normalized spacial score (nSPS) is 10.8. The van der Waals surface area contributed by atoms with Crippen LogP contribution < -0.4 is 0 Å². The van der Waals surface area contributed by atoms with Crippen LogP contribution >= 0.6 is 0 Å². The highest BCUT2D eigenvalue weighted by atomic mass is 16.5. The fraction of sp³-hybridized carbons (Fsp3) is 0.778. The second-order valence-electron chi connectivity index (χ2n) is 3.01. The van der Waals surface area contributed by atoms with Gasteiger partial charge in [-0.25, -0.2) is 4.68 Å². The summed E-state index contributed by atoms with van der Waals surface area (Å²) in [5.41, 5.74) is 0.828. The van der Waals surface area contributed by atoms with Crippen LogP contribution in [0, 0.1) is 0 Å². The van der Waals surface area contributed by atoms with Crippen LogP contribution in [0.2, 0.25) is 0 Å². The molecule has 0 aliphatic carbocycles. The maximum atomic E-state index is 5.30. The summed E-state index contributed by atoms with van der Waals surface area (Å²) in [5.74, 6) is 0. The van der Waals surface area contributed by atoms with E-state index in [4.69, 9.17) is 14.2 Å². The molecule has 0 aliphatic rings. The second kappa shape index (κ2) is 7.33. The molecule has 86 valence electrons. The fourth-order valence-corrected chi connectivity index (χ4v) is 1.06. The molecule has 6 nitrogen and oxygen atoms in total. The van der Waals surface area contributed by atoms with Crippen molar-refractivity contribution in [3.8, 4) is 0 Å². The molecule has 1 rings (SSSR count). The molecule has 0 saturated carbocycles. The Kier molecular flexibility index (Phi) is 5.91. The third-order valence-electron chi connectivity index (χ3n) is 1.77. The van der Waals surface area contributed by atoms with Gasteiger partial charge < -0.3 is 14.2 Å². The Morgan fingerprint density at radius 1 is 1.20 bits per heavy atom. The Morgan fingerprint density at radius 2 is 2.07 bits per heavy atom. The minimum atomic E-state index is 0.491. The lowest BCUT2D eigenvalue weighted by Crippen LogP contribution is -2.09. The van der Waals surface area contributed by atoms with Crippen molar-refractivity contribution in [3.63, 3.8) is 0 Å². The second-order valence-corrected chi connectivity index (χ2v) is 3.01. The lowest BCUT2D eigenvalue weighted by Gasteiger charge is -2.02. The van der Waals surface area contributed by atoms with Gasteiger partial charge in [-0.15, -0.1) is 5.10 Å². The van der Waals surface area contributed by atoms with Gasteiger partial charge in [-0.1, -0.05) is 5.21 Å². The molecule has 6 heteroatoms. The smallest absolute Gasteiger partial charge is 0.108 e. The number of aromatic nitrogens is 3. The van der Waals surface area contributed by atoms with Crippen LogP contribution in [0.3, 0.4) is 0 Å². The van der Waals surface area contributed by atoms with Gasteiger partial charge in [0.25, 0.3) is 0 Å². The summed E-state index contributed by atoms with van der Waals surface area (Å²) in [7, 11) is 3.28. The number of hydrogen-bond acceptors (Lipinski definition) is 5. The van der Waals surface area contributed by atoms with Gasteiger partial charge in [-0.2, -0.15) is 0 Å². The van der Waals surface area contributed by atoms with Gasteiger partial charge in [0.2, 0.25) is 0 Å². The number of nitrogens with zero attached hydrogens (tertiary/aromatic N) is 3. The highest BCUT2D eigenvalue weighted by molar-refractivity contribution is 4.89. The van der Waals surface area contributed by atoms with E-state index in [0.29, 0.717) is 33.0 Å². The zero-order chi connectivity index (χ0) is 10.9. The maximum Gasteiger partial charge on any atom is 0.108 e. The van der Waals surface area contributed by atoms with Gasteiger partial charge in [-0.05, 0) is 0 Å². The summed E-state index contributed by atoms with van der Waals surface area (Å²) >= 11 is 0. The van der Waals surface area contributed by atoms with Crippen molar-refractivity contribution >= 4 is 0 Å². The van der Waals surface area contributed by atoms with Crippen molar-refractivity contribution in [1.82, 2.24) is 15.0 Å². The first-order valence-corrected chi connectivity index (χ1v) is 4.81. The zero-order valence-corrected chi connectivity index (χ0v) is 9.18. The average molecular weight is 215 g/mol. The number of hydrogen-bond donors (Lipinski definition) is 0. The van der Waals surface area contributed by atoms with E-state index in [0.717, 1.165) is 5.69 Å². The average Bonchev–Trinajstić information content (AvgIpc) is 2.66. The number of rotatable bonds is 8. The van der Waals surface area contributed by atoms with E-state index in [1.54, 1.807) is 18.9 Å². The Bertz CT molecular complexity index is 265. The van der Waals surface area contributed by atoms with Gasteiger partial charge in [0.05, 0.1) is 39.2 Å². The van der Waals surface area contributed by atoms with Crippen LogP contribution in [0.5, 0.6) is 0 Å². The first-order valence-electron chi connectivity index (χ1n) is 4.81. The summed E-state index contributed by atoms with van der Waals surface area (Å²) in [6.07, 6.45) is 1.85. The molecular weight excluding hydrogens is 198 g/mol. The summed E-state index contributed by atoms with van der Waals surface area (Å²) in [6, 6.07) is 0. The molecule has 0 atom stereocenters. The molecule has 1 heterocycles. The van der Waals surface area contributed by atoms with E-state index in [9.17, 15) is 0 Å². The molecule has 15 heavy (non-hydrogen) atoms. The maximum absolute atomic E-state index is 5.30. The first kappa shape index (κ1) is 12.1. The third kappa shape index (κ3) is 4.87. The molecule has 0 aromatic carbocycles. The number of ether oxygens (including phenoxy) is 3. The fourth-order valence-electron chi connectivity index (χ4n) is 1.06. The van der Waals surface area contributed by atoms with Crippen molar-refractivity contribution in [1.29, 1.82) is 0 Å². The number of methoxy groups -OCH3 is 2. The topological polar surface area (TPSA) is 58.4 Å². The van der Waals surface area contributed by atoms with Gasteiger partial charge >= 0.3 is 0 Å². The minimum Gasteiger partial charge on any atom is -0.382 e. The van der Waals surface area contributed by atoms with Crippen LogP contribution in [0.15, 0.2) is 6.20 Å². The molecule has 0 unspecified atom stereocenters. The van der Waals surface area contributed by atoms with Crippen molar-refractivity contribution < 1.29 is 14.2 Å². The summed E-state index contributed by atoms with van der Waals surface area (Å²) in [5, 5.41) is 7.86. The molecule has 0 N–H and O–H groups in total. The lowest BCUT2D eigenvalue weighted by molar-refractivity contribution is 0.0652. The van der Waals surface area contributed by atoms with Crippen LogP contribution in [0.1, 0.15) is 5.69 Å². The molecule has 0 radical (unpaired) electrons. The predicted octanol–water partition coefficient (Wildman–Crippen LogP) is 0.0875. The summed E-state index contributed by atoms with van der Waals surface area (Å²) in [4.78, 5) is 0. The highest BCUT2D eigenvalue weighted by Crippen LogP contribution is 1.94. The largest absolute Gasteiger partial charge is 0.382 e. The lowest BCUT2D eigenvalue weighted by atomic mass is 10.5. The molecule has 1 aromatic rings. The standard InChI is InChI=1S/C9H17N3O3/c1-13-5-6-15-4-3-12-7-9(8-14-2)10-11-12/h7H,3-6,8H2,1-2H3. The quantitative estimate of drug-likeness (QED) is 0.575. The third-order valence-corrected chi connectivity index (χ3v) is 1.77. The van der Waals surface area contributed by atoms with Crippen LogP contribution in [0.25, 0.3) is 0 Å². The van der Waals surface area contributed by atoms with Gasteiger partial charge in [0, 0.05) is 14.2 Å². The van der Waals surface area contributed by atoms with Crippen molar-refractivity contribution in [3.05, 3.63) is 11.9 Å². The first-order chi connectivity index (χ1) is 7.36. The molecule has 1 aromatic heterocycles.